The van der Waals surface area contributed by atoms with Gasteiger partial charge in [-0.1, -0.05) is 109 Å². The zero-order valence-corrected chi connectivity index (χ0v) is 30.4. The monoisotopic (exact) mass is 710 g/mol. The quantitative estimate of drug-likeness (QED) is 0.0288. The SMILES string of the molecule is CCCCCCCC/C=C\CCCCCCCC(=O)OC(COCCCCCCCC)COC1OC(CO)C(O)C(OS(=O)(=O)O)C1O. The molecule has 0 aromatic rings. The van der Waals surface area contributed by atoms with Crippen molar-refractivity contribution in [2.45, 2.75) is 179 Å². The number of aliphatic hydroxyl groups excluding tert-OH is 3. The summed E-state index contributed by atoms with van der Waals surface area (Å²) in [5.74, 6) is -0.411. The largest absolute Gasteiger partial charge is 0.457 e. The van der Waals surface area contributed by atoms with Crippen LogP contribution in [0.5, 0.6) is 0 Å². The third-order valence-electron chi connectivity index (χ3n) is 8.39. The van der Waals surface area contributed by atoms with Crippen LogP contribution in [0.3, 0.4) is 0 Å². The molecule has 1 saturated heterocycles. The van der Waals surface area contributed by atoms with Gasteiger partial charge < -0.3 is 34.3 Å². The van der Waals surface area contributed by atoms with Crippen molar-refractivity contribution in [2.24, 2.45) is 0 Å². The van der Waals surface area contributed by atoms with Crippen LogP contribution in [0, 0.1) is 0 Å². The summed E-state index contributed by atoms with van der Waals surface area (Å²) in [6.45, 7) is 3.89. The first-order valence-electron chi connectivity index (χ1n) is 18.4. The summed E-state index contributed by atoms with van der Waals surface area (Å²) in [6.07, 6.45) is 17.1. The molecule has 1 aliphatic heterocycles. The van der Waals surface area contributed by atoms with E-state index in [9.17, 15) is 28.5 Å². The van der Waals surface area contributed by atoms with E-state index in [0.717, 1.165) is 57.8 Å². The molecule has 0 aliphatic carbocycles. The molecule has 4 N–H and O–H groups in total. The molecule has 6 unspecified atom stereocenters. The van der Waals surface area contributed by atoms with Crippen LogP contribution in [0.25, 0.3) is 0 Å². The topological polar surface area (TPSA) is 178 Å². The van der Waals surface area contributed by atoms with Crippen molar-refractivity contribution in [3.63, 3.8) is 0 Å². The fraction of sp³-hybridized carbons (Fsp3) is 0.914. The van der Waals surface area contributed by atoms with E-state index >= 15 is 0 Å². The van der Waals surface area contributed by atoms with E-state index in [1.54, 1.807) is 0 Å². The first kappa shape index (κ1) is 44.9. The molecule has 1 aliphatic rings. The molecule has 1 rings (SSSR count). The van der Waals surface area contributed by atoms with E-state index in [1.807, 2.05) is 0 Å². The molecule has 0 radical (unpaired) electrons. The van der Waals surface area contributed by atoms with E-state index in [4.69, 9.17) is 23.5 Å². The first-order chi connectivity index (χ1) is 23.1. The Morgan fingerprint density at radius 2 is 1.31 bits per heavy atom. The molecule has 12 nitrogen and oxygen atoms in total. The number of hydrogen-bond acceptors (Lipinski definition) is 11. The van der Waals surface area contributed by atoms with Crippen LogP contribution in [0.2, 0.25) is 0 Å². The minimum Gasteiger partial charge on any atom is -0.457 e. The lowest BCUT2D eigenvalue weighted by Gasteiger charge is -2.41. The van der Waals surface area contributed by atoms with Crippen molar-refractivity contribution >= 4 is 16.4 Å². The van der Waals surface area contributed by atoms with E-state index in [1.165, 1.54) is 57.8 Å². The zero-order valence-electron chi connectivity index (χ0n) is 29.6. The van der Waals surface area contributed by atoms with E-state index in [-0.39, 0.29) is 19.6 Å². The summed E-state index contributed by atoms with van der Waals surface area (Å²) in [6, 6.07) is 0. The van der Waals surface area contributed by atoms with Crippen molar-refractivity contribution in [3.8, 4) is 0 Å². The molecule has 6 atom stereocenters. The summed E-state index contributed by atoms with van der Waals surface area (Å²) < 4.78 is 58.5. The smallest absolute Gasteiger partial charge is 0.397 e. The van der Waals surface area contributed by atoms with Crippen LogP contribution in [-0.4, -0.2) is 97.5 Å². The maximum atomic E-state index is 12.7. The van der Waals surface area contributed by atoms with Gasteiger partial charge in [-0.2, -0.15) is 8.42 Å². The third kappa shape index (κ3) is 22.5. The van der Waals surface area contributed by atoms with Crippen LogP contribution in [0.15, 0.2) is 12.2 Å². The van der Waals surface area contributed by atoms with Gasteiger partial charge in [0.1, 0.15) is 30.5 Å². The molecule has 0 bridgehead atoms. The lowest BCUT2D eigenvalue weighted by Crippen LogP contribution is -2.60. The highest BCUT2D eigenvalue weighted by Crippen LogP contribution is 2.26. The Labute approximate surface area is 289 Å². The first-order valence-corrected chi connectivity index (χ1v) is 19.8. The van der Waals surface area contributed by atoms with Crippen molar-refractivity contribution in [3.05, 3.63) is 12.2 Å². The van der Waals surface area contributed by atoms with Crippen molar-refractivity contribution in [1.82, 2.24) is 0 Å². The molecule has 0 saturated carbocycles. The second kappa shape index (κ2) is 28.5. The fourth-order valence-corrected chi connectivity index (χ4v) is 6.06. The molecular formula is C35H66O12S. The molecule has 0 aromatic carbocycles. The summed E-state index contributed by atoms with van der Waals surface area (Å²) in [5.41, 5.74) is 0. The van der Waals surface area contributed by atoms with Crippen LogP contribution < -0.4 is 0 Å². The summed E-state index contributed by atoms with van der Waals surface area (Å²) in [7, 11) is -5.05. The van der Waals surface area contributed by atoms with Crippen molar-refractivity contribution < 1.29 is 56.2 Å². The van der Waals surface area contributed by atoms with E-state index in [2.05, 4.69) is 30.2 Å². The lowest BCUT2D eigenvalue weighted by molar-refractivity contribution is -0.301. The Kier molecular flexibility index (Phi) is 26.7. The maximum absolute atomic E-state index is 12.7. The minimum atomic E-state index is -5.05. The number of esters is 1. The number of hydrogen-bond donors (Lipinski definition) is 4. The molecule has 1 heterocycles. The molecule has 284 valence electrons. The Hall–Kier alpha value is -1.16. The summed E-state index contributed by atoms with van der Waals surface area (Å²) in [5, 5.41) is 30.4. The molecule has 13 heteroatoms. The number of ether oxygens (including phenoxy) is 4. The van der Waals surface area contributed by atoms with Crippen molar-refractivity contribution in [2.75, 3.05) is 26.4 Å². The number of aliphatic hydroxyl groups is 3. The van der Waals surface area contributed by atoms with Gasteiger partial charge in [0.25, 0.3) is 0 Å². The van der Waals surface area contributed by atoms with Gasteiger partial charge >= 0.3 is 16.4 Å². The summed E-state index contributed by atoms with van der Waals surface area (Å²) >= 11 is 0. The number of carbonyl (C=O) groups excluding carboxylic acids is 1. The Morgan fingerprint density at radius 3 is 1.88 bits per heavy atom. The van der Waals surface area contributed by atoms with Gasteiger partial charge in [0.05, 0.1) is 19.8 Å². The van der Waals surface area contributed by atoms with Gasteiger partial charge in [0.2, 0.25) is 0 Å². The zero-order chi connectivity index (χ0) is 35.5. The van der Waals surface area contributed by atoms with Gasteiger partial charge in [0, 0.05) is 13.0 Å². The Bertz CT molecular complexity index is 915. The number of unbranched alkanes of at least 4 members (excludes halogenated alkanes) is 16. The van der Waals surface area contributed by atoms with Gasteiger partial charge in [-0.05, 0) is 38.5 Å². The van der Waals surface area contributed by atoms with Crippen LogP contribution in [0.4, 0.5) is 0 Å². The van der Waals surface area contributed by atoms with E-state index < -0.39 is 59.8 Å². The van der Waals surface area contributed by atoms with Crippen LogP contribution in [-0.2, 0) is 38.3 Å². The third-order valence-corrected chi connectivity index (χ3v) is 8.85. The van der Waals surface area contributed by atoms with Gasteiger partial charge in [-0.25, -0.2) is 4.18 Å². The molecule has 0 spiro atoms. The fourth-order valence-electron chi connectivity index (χ4n) is 5.55. The van der Waals surface area contributed by atoms with Crippen molar-refractivity contribution in [1.29, 1.82) is 0 Å². The second-order valence-corrected chi connectivity index (χ2v) is 13.9. The number of rotatable bonds is 31. The second-order valence-electron chi connectivity index (χ2n) is 12.8. The highest BCUT2D eigenvalue weighted by Gasteiger charge is 2.48. The average molecular weight is 711 g/mol. The average Bonchev–Trinajstić information content (AvgIpc) is 3.05. The minimum absolute atomic E-state index is 0.0346. The highest BCUT2D eigenvalue weighted by molar-refractivity contribution is 7.80. The number of carbonyl (C=O) groups is 1. The standard InChI is InChI=1S/C35H66O12S/c1-3-5-7-9-11-12-13-14-15-16-17-18-19-20-22-24-31(37)45-29(27-43-25-23-21-10-8-6-4-2)28-44-35-33(39)34(47-48(40,41)42)32(38)30(26-36)46-35/h14-15,29-30,32-36,38-39H,3-13,16-28H2,1-2H3,(H,40,41,42)/b15-14-. The predicted molar refractivity (Wildman–Crippen MR) is 184 cm³/mol. The molecule has 0 aromatic heterocycles. The van der Waals surface area contributed by atoms with Gasteiger partial charge in [-0.15, -0.1) is 0 Å². The highest BCUT2D eigenvalue weighted by atomic mass is 32.3. The summed E-state index contributed by atoms with van der Waals surface area (Å²) in [4.78, 5) is 12.7. The normalized spacial score (nSPS) is 22.3. The molecule has 1 fully saturated rings. The lowest BCUT2D eigenvalue weighted by atomic mass is 9.99. The van der Waals surface area contributed by atoms with Crippen LogP contribution >= 0.6 is 0 Å². The van der Waals surface area contributed by atoms with Crippen LogP contribution in [0.1, 0.15) is 142 Å². The Morgan fingerprint density at radius 1 is 0.771 bits per heavy atom. The molecule has 0 amide bonds. The number of allylic oxidation sites excluding steroid dienone is 2. The Balaban J connectivity index is 2.48. The predicted octanol–water partition coefficient (Wildman–Crippen LogP) is 5.96. The molecular weight excluding hydrogens is 644 g/mol. The van der Waals surface area contributed by atoms with Gasteiger partial charge in [0.15, 0.2) is 6.29 Å². The van der Waals surface area contributed by atoms with E-state index in [0.29, 0.717) is 13.0 Å². The maximum Gasteiger partial charge on any atom is 0.397 e. The molecule has 48 heavy (non-hydrogen) atoms. The van der Waals surface area contributed by atoms with Gasteiger partial charge in [-0.3, -0.25) is 9.35 Å².